The van der Waals surface area contributed by atoms with Crippen molar-refractivity contribution in [1.82, 2.24) is 4.31 Å². The zero-order chi connectivity index (χ0) is 18.0. The average molecular weight is 403 g/mol. The number of piperidine rings is 1. The third-order valence-corrected chi connectivity index (χ3v) is 7.24. The van der Waals surface area contributed by atoms with Crippen LogP contribution in [0.5, 0.6) is 0 Å². The summed E-state index contributed by atoms with van der Waals surface area (Å²) in [6.07, 6.45) is 2.61. The number of nitrogens with zero attached hydrogens (tertiary/aromatic N) is 1. The summed E-state index contributed by atoms with van der Waals surface area (Å²) >= 11 is 6.71. The highest BCUT2D eigenvalue weighted by Crippen LogP contribution is 2.29. The fourth-order valence-electron chi connectivity index (χ4n) is 2.69. The molecule has 134 valence electrons. The van der Waals surface area contributed by atoms with Gasteiger partial charge in [-0.05, 0) is 36.4 Å². The van der Waals surface area contributed by atoms with E-state index < -0.39 is 21.7 Å². The van der Waals surface area contributed by atoms with E-state index in [2.05, 4.69) is 5.32 Å². The minimum Gasteiger partial charge on any atom is -0.319 e. The molecule has 1 N–H and O–H groups in total. The lowest BCUT2D eigenvalue weighted by Gasteiger charge is -2.25. The van der Waals surface area contributed by atoms with Crippen LogP contribution in [0.4, 0.5) is 10.1 Å². The predicted octanol–water partition coefficient (Wildman–Crippen LogP) is 3.97. The summed E-state index contributed by atoms with van der Waals surface area (Å²) < 4.78 is 41.0. The number of carbonyl (C=O) groups is 1. The molecule has 1 aliphatic rings. The van der Waals surface area contributed by atoms with Gasteiger partial charge in [-0.2, -0.15) is 4.31 Å². The molecule has 1 amide bonds. The topological polar surface area (TPSA) is 66.5 Å². The summed E-state index contributed by atoms with van der Waals surface area (Å²) in [7, 11) is -3.74. The second-order valence-electron chi connectivity index (χ2n) is 5.63. The minimum atomic E-state index is -3.74. The number of halogens is 2. The smallest absolute Gasteiger partial charge is 0.267 e. The van der Waals surface area contributed by atoms with Crippen LogP contribution in [0.3, 0.4) is 0 Å². The van der Waals surface area contributed by atoms with Crippen LogP contribution in [0.25, 0.3) is 0 Å². The minimum absolute atomic E-state index is 0.0324. The van der Waals surface area contributed by atoms with Crippen LogP contribution in [0.1, 0.15) is 28.9 Å². The first kappa shape index (κ1) is 18.3. The number of thiophene rings is 1. The maximum absolute atomic E-state index is 14.0. The molecular formula is C16H16ClFN2O3S2. The van der Waals surface area contributed by atoms with Crippen molar-refractivity contribution in [1.29, 1.82) is 0 Å². The number of nitrogens with one attached hydrogen (secondary N) is 1. The van der Waals surface area contributed by atoms with Gasteiger partial charge in [-0.15, -0.1) is 11.3 Å². The molecule has 1 aromatic heterocycles. The molecule has 0 atom stereocenters. The van der Waals surface area contributed by atoms with Crippen molar-refractivity contribution in [2.75, 3.05) is 18.4 Å². The van der Waals surface area contributed by atoms with E-state index in [0.29, 0.717) is 13.1 Å². The van der Waals surface area contributed by atoms with Crippen LogP contribution in [0.15, 0.2) is 34.5 Å². The molecule has 9 heteroatoms. The molecule has 0 unspecified atom stereocenters. The first-order chi connectivity index (χ1) is 11.9. The molecular weight excluding hydrogens is 387 g/mol. The standard InChI is InChI=1S/C16H16ClFN2O3S2/c17-11-5-4-6-12(14(11)18)19-16(21)15-13(7-10-24-15)25(22,23)20-8-2-1-3-9-20/h4-7,10H,1-3,8-9H2,(H,19,21). The number of sulfonamides is 1. The Bertz CT molecular complexity index is 893. The Morgan fingerprint density at radius 1 is 1.20 bits per heavy atom. The summed E-state index contributed by atoms with van der Waals surface area (Å²) in [5.74, 6) is -1.43. The average Bonchev–Trinajstić information content (AvgIpc) is 3.10. The van der Waals surface area contributed by atoms with Crippen molar-refractivity contribution in [2.45, 2.75) is 24.2 Å². The highest BCUT2D eigenvalue weighted by atomic mass is 35.5. The monoisotopic (exact) mass is 402 g/mol. The van der Waals surface area contributed by atoms with Crippen LogP contribution in [0, 0.1) is 5.82 Å². The zero-order valence-corrected chi connectivity index (χ0v) is 15.6. The molecule has 0 aliphatic carbocycles. The van der Waals surface area contributed by atoms with E-state index in [4.69, 9.17) is 11.6 Å². The van der Waals surface area contributed by atoms with Crippen LogP contribution in [-0.2, 0) is 10.0 Å². The van der Waals surface area contributed by atoms with Gasteiger partial charge in [0.15, 0.2) is 5.82 Å². The quantitative estimate of drug-likeness (QED) is 0.841. The Hall–Kier alpha value is -1.48. The first-order valence-electron chi connectivity index (χ1n) is 7.74. The summed E-state index contributed by atoms with van der Waals surface area (Å²) in [5, 5.41) is 3.82. The van der Waals surface area contributed by atoms with Gasteiger partial charge in [0, 0.05) is 13.1 Å². The fraction of sp³-hybridized carbons (Fsp3) is 0.312. The number of rotatable bonds is 4. The van der Waals surface area contributed by atoms with Crippen molar-refractivity contribution in [3.05, 3.63) is 45.4 Å². The summed E-state index contributed by atoms with van der Waals surface area (Å²) in [6.45, 7) is 0.893. The Morgan fingerprint density at radius 2 is 1.92 bits per heavy atom. The number of hydrogen-bond acceptors (Lipinski definition) is 4. The van der Waals surface area contributed by atoms with E-state index >= 15 is 0 Å². The van der Waals surface area contributed by atoms with Gasteiger partial charge in [-0.25, -0.2) is 12.8 Å². The Morgan fingerprint density at radius 3 is 2.64 bits per heavy atom. The number of amides is 1. The summed E-state index contributed by atoms with van der Waals surface area (Å²) in [5.41, 5.74) is -0.0905. The number of benzene rings is 1. The second-order valence-corrected chi connectivity index (χ2v) is 8.86. The Balaban J connectivity index is 1.88. The van der Waals surface area contributed by atoms with Crippen molar-refractivity contribution in [2.24, 2.45) is 0 Å². The molecule has 1 aliphatic heterocycles. The van der Waals surface area contributed by atoms with Crippen LogP contribution >= 0.6 is 22.9 Å². The number of hydrogen-bond donors (Lipinski definition) is 1. The molecule has 1 aromatic carbocycles. The lowest BCUT2D eigenvalue weighted by molar-refractivity contribution is 0.102. The molecule has 5 nitrogen and oxygen atoms in total. The maximum Gasteiger partial charge on any atom is 0.267 e. The van der Waals surface area contributed by atoms with E-state index in [1.165, 1.54) is 28.6 Å². The molecule has 2 aromatic rings. The first-order valence-corrected chi connectivity index (χ1v) is 10.4. The van der Waals surface area contributed by atoms with E-state index in [-0.39, 0.29) is 20.5 Å². The molecule has 2 heterocycles. The van der Waals surface area contributed by atoms with E-state index in [9.17, 15) is 17.6 Å². The molecule has 1 saturated heterocycles. The van der Waals surface area contributed by atoms with Gasteiger partial charge in [0.2, 0.25) is 10.0 Å². The lowest BCUT2D eigenvalue weighted by Crippen LogP contribution is -2.36. The van der Waals surface area contributed by atoms with E-state index in [1.54, 1.807) is 5.38 Å². The Labute approximate surface area is 154 Å². The van der Waals surface area contributed by atoms with Gasteiger partial charge >= 0.3 is 0 Å². The molecule has 25 heavy (non-hydrogen) atoms. The third kappa shape index (κ3) is 3.72. The van der Waals surface area contributed by atoms with Gasteiger partial charge in [0.25, 0.3) is 5.91 Å². The van der Waals surface area contributed by atoms with Gasteiger partial charge in [-0.3, -0.25) is 4.79 Å². The molecule has 0 bridgehead atoms. The van der Waals surface area contributed by atoms with Crippen molar-refractivity contribution >= 4 is 44.6 Å². The molecule has 3 rings (SSSR count). The fourth-order valence-corrected chi connectivity index (χ4v) is 5.68. The molecule has 0 spiro atoms. The number of anilines is 1. The van der Waals surface area contributed by atoms with E-state index in [1.807, 2.05) is 0 Å². The van der Waals surface area contributed by atoms with Gasteiger partial charge in [0.05, 0.1) is 10.7 Å². The van der Waals surface area contributed by atoms with Crippen LogP contribution in [-0.4, -0.2) is 31.7 Å². The highest BCUT2D eigenvalue weighted by molar-refractivity contribution is 7.89. The normalized spacial score (nSPS) is 15.9. The second kappa shape index (κ2) is 7.41. The lowest BCUT2D eigenvalue weighted by atomic mass is 10.2. The summed E-state index contributed by atoms with van der Waals surface area (Å²) in [4.78, 5) is 12.5. The van der Waals surface area contributed by atoms with Gasteiger partial charge < -0.3 is 5.32 Å². The predicted molar refractivity (Wildman–Crippen MR) is 96.3 cm³/mol. The van der Waals surface area contributed by atoms with Gasteiger partial charge in [0.1, 0.15) is 9.77 Å². The molecule has 1 fully saturated rings. The third-order valence-electron chi connectivity index (χ3n) is 3.97. The summed E-state index contributed by atoms with van der Waals surface area (Å²) in [6, 6.07) is 5.65. The van der Waals surface area contributed by atoms with Crippen molar-refractivity contribution in [3.63, 3.8) is 0 Å². The largest absolute Gasteiger partial charge is 0.319 e. The SMILES string of the molecule is O=C(Nc1cccc(Cl)c1F)c1sccc1S(=O)(=O)N1CCCCC1. The Kier molecular flexibility index (Phi) is 5.43. The molecule has 0 radical (unpaired) electrons. The van der Waals surface area contributed by atoms with Crippen LogP contribution < -0.4 is 5.32 Å². The van der Waals surface area contributed by atoms with E-state index in [0.717, 1.165) is 30.6 Å². The van der Waals surface area contributed by atoms with Crippen molar-refractivity contribution < 1.29 is 17.6 Å². The zero-order valence-electron chi connectivity index (χ0n) is 13.2. The highest BCUT2D eigenvalue weighted by Gasteiger charge is 2.31. The van der Waals surface area contributed by atoms with Gasteiger partial charge in [-0.1, -0.05) is 24.1 Å². The maximum atomic E-state index is 14.0. The van der Waals surface area contributed by atoms with Crippen LogP contribution in [0.2, 0.25) is 5.02 Å². The molecule has 0 saturated carbocycles. The number of carbonyl (C=O) groups excluding carboxylic acids is 1. The van der Waals surface area contributed by atoms with Crippen molar-refractivity contribution in [3.8, 4) is 0 Å².